The zero-order valence-electron chi connectivity index (χ0n) is 12.3. The van der Waals surface area contributed by atoms with Gasteiger partial charge in [-0.15, -0.1) is 0 Å². The fourth-order valence-corrected chi connectivity index (χ4v) is 2.19. The molecule has 0 fully saturated rings. The largest absolute Gasteiger partial charge is 0.479 e. The van der Waals surface area contributed by atoms with Crippen molar-refractivity contribution < 1.29 is 22.8 Å². The van der Waals surface area contributed by atoms with E-state index in [2.05, 4.69) is 0 Å². The number of likely N-dealkylation sites (N-methyl/N-ethyl adjacent to an activating group) is 1. The Kier molecular flexibility index (Phi) is 5.83. The summed E-state index contributed by atoms with van der Waals surface area (Å²) < 4.78 is 37.2. The molecule has 0 aliphatic carbocycles. The van der Waals surface area contributed by atoms with Gasteiger partial charge >= 0.3 is 6.98 Å². The molecule has 118 valence electrons. The first-order valence-electron chi connectivity index (χ1n) is 6.84. The second-order valence-corrected chi connectivity index (χ2v) is 5.39. The fourth-order valence-electron chi connectivity index (χ4n) is 2.19. The zero-order valence-corrected chi connectivity index (χ0v) is 12.3. The van der Waals surface area contributed by atoms with Crippen molar-refractivity contribution in [2.24, 2.45) is 5.92 Å². The molecule has 1 aromatic rings. The van der Waals surface area contributed by atoms with Gasteiger partial charge in [0, 0.05) is 13.0 Å². The lowest BCUT2D eigenvalue weighted by atomic mass is 9.78. The summed E-state index contributed by atoms with van der Waals surface area (Å²) in [6.45, 7) is -2.13. The predicted molar refractivity (Wildman–Crippen MR) is 76.7 cm³/mol. The van der Waals surface area contributed by atoms with E-state index in [0.717, 1.165) is 0 Å². The van der Waals surface area contributed by atoms with E-state index in [1.165, 1.54) is 18.9 Å². The van der Waals surface area contributed by atoms with Crippen LogP contribution in [-0.2, 0) is 4.79 Å². The van der Waals surface area contributed by atoms with E-state index in [-0.39, 0.29) is 0 Å². The second-order valence-electron chi connectivity index (χ2n) is 5.39. The molecule has 1 aromatic carbocycles. The highest BCUT2D eigenvalue weighted by Gasteiger charge is 2.32. The van der Waals surface area contributed by atoms with E-state index >= 15 is 0 Å². The van der Waals surface area contributed by atoms with Gasteiger partial charge in [-0.3, -0.25) is 4.79 Å². The number of aliphatic hydroxyl groups is 1. The van der Waals surface area contributed by atoms with Crippen LogP contribution in [0.15, 0.2) is 30.3 Å². The molecule has 3 nitrogen and oxygen atoms in total. The van der Waals surface area contributed by atoms with E-state index in [1.54, 1.807) is 37.3 Å². The first-order chi connectivity index (χ1) is 9.63. The summed E-state index contributed by atoms with van der Waals surface area (Å²) in [6.07, 6.45) is -2.04. The lowest BCUT2D eigenvalue weighted by Gasteiger charge is -2.32. The molecule has 0 heterocycles. The van der Waals surface area contributed by atoms with Crippen LogP contribution in [0.2, 0.25) is 6.32 Å². The minimum absolute atomic E-state index is 0.608. The Bertz CT molecular complexity index is 467. The molecule has 0 spiro atoms. The molecule has 0 aliphatic rings. The van der Waals surface area contributed by atoms with Crippen molar-refractivity contribution in [2.45, 2.75) is 32.3 Å². The third-order valence-corrected chi connectivity index (χ3v) is 3.60. The summed E-state index contributed by atoms with van der Waals surface area (Å²) in [7, 11) is 1.42. The summed E-state index contributed by atoms with van der Waals surface area (Å²) in [5, 5.41) is 10.2. The highest BCUT2D eigenvalue weighted by Crippen LogP contribution is 2.25. The summed E-state index contributed by atoms with van der Waals surface area (Å²) in [5.41, 5.74) is 0.623. The molecule has 0 bridgehead atoms. The molecule has 7 heteroatoms. The molecular formula is C14H20BF3NO2-. The molecule has 1 unspecified atom stereocenters. The standard InChI is InChI=1S/C14H20BF3NO2/c1-10(9-15(16,17)18)14(21)19(3)11(2)13(20)12-7-5-4-6-8-12/h4-8,10-11,13,20H,9H2,1-3H3/q-1/t10?,11-,13+/m0/s1. The number of rotatable bonds is 6. The number of aliphatic hydroxyl groups excluding tert-OH is 1. The topological polar surface area (TPSA) is 40.5 Å². The lowest BCUT2D eigenvalue weighted by molar-refractivity contribution is -0.137. The third kappa shape index (κ3) is 5.08. The van der Waals surface area contributed by atoms with Crippen molar-refractivity contribution >= 4 is 12.9 Å². The highest BCUT2D eigenvalue weighted by atomic mass is 19.4. The number of halogens is 3. The Balaban J connectivity index is 2.73. The van der Waals surface area contributed by atoms with Gasteiger partial charge in [0.25, 0.3) is 0 Å². The van der Waals surface area contributed by atoms with Gasteiger partial charge in [-0.2, -0.15) is 0 Å². The Hall–Kier alpha value is -1.50. The number of benzene rings is 1. The van der Waals surface area contributed by atoms with Crippen molar-refractivity contribution in [3.05, 3.63) is 35.9 Å². The third-order valence-electron chi connectivity index (χ3n) is 3.60. The van der Waals surface area contributed by atoms with Crippen LogP contribution >= 0.6 is 0 Å². The molecular weight excluding hydrogens is 282 g/mol. The summed E-state index contributed by atoms with van der Waals surface area (Å²) >= 11 is 0. The Morgan fingerprint density at radius 1 is 1.24 bits per heavy atom. The van der Waals surface area contributed by atoms with Crippen LogP contribution in [0.3, 0.4) is 0 Å². The minimum atomic E-state index is -5.00. The van der Waals surface area contributed by atoms with Gasteiger partial charge in [0.05, 0.1) is 12.1 Å². The van der Waals surface area contributed by atoms with Crippen LogP contribution in [0, 0.1) is 5.92 Å². The van der Waals surface area contributed by atoms with Crippen molar-refractivity contribution in [2.75, 3.05) is 7.05 Å². The Labute approximate surface area is 122 Å². The molecule has 21 heavy (non-hydrogen) atoms. The van der Waals surface area contributed by atoms with Crippen molar-refractivity contribution in [3.63, 3.8) is 0 Å². The van der Waals surface area contributed by atoms with E-state index in [0.29, 0.717) is 5.56 Å². The van der Waals surface area contributed by atoms with Crippen LogP contribution in [-0.4, -0.2) is 36.0 Å². The molecule has 1 N–H and O–H groups in total. The average Bonchev–Trinajstić information content (AvgIpc) is 2.43. The molecule has 0 aromatic heterocycles. The molecule has 0 saturated heterocycles. The molecule has 0 saturated carbocycles. The molecule has 0 aliphatic heterocycles. The first-order valence-corrected chi connectivity index (χ1v) is 6.84. The van der Waals surface area contributed by atoms with Crippen molar-refractivity contribution in [1.29, 1.82) is 0 Å². The molecule has 0 radical (unpaired) electrons. The maximum absolute atomic E-state index is 12.4. The number of carbonyl (C=O) groups is 1. The van der Waals surface area contributed by atoms with Gasteiger partial charge in [-0.25, -0.2) is 0 Å². The number of carbonyl (C=O) groups excluding carboxylic acids is 1. The van der Waals surface area contributed by atoms with E-state index in [9.17, 15) is 22.8 Å². The van der Waals surface area contributed by atoms with E-state index in [4.69, 9.17) is 0 Å². The maximum Gasteiger partial charge on any atom is 0.479 e. The number of hydrogen-bond donors (Lipinski definition) is 1. The van der Waals surface area contributed by atoms with E-state index < -0.39 is 37.3 Å². The summed E-state index contributed by atoms with van der Waals surface area (Å²) in [5.74, 6) is -1.75. The average molecular weight is 302 g/mol. The van der Waals surface area contributed by atoms with Gasteiger partial charge in [0.2, 0.25) is 5.91 Å². The summed E-state index contributed by atoms with van der Waals surface area (Å²) in [6, 6.07) is 8.11. The van der Waals surface area contributed by atoms with Gasteiger partial charge < -0.3 is 23.0 Å². The van der Waals surface area contributed by atoms with Gasteiger partial charge in [0.1, 0.15) is 0 Å². The number of nitrogens with zero attached hydrogens (tertiary/aromatic N) is 1. The molecule has 1 amide bonds. The van der Waals surface area contributed by atoms with Gasteiger partial charge in [0.15, 0.2) is 0 Å². The number of hydrogen-bond acceptors (Lipinski definition) is 2. The lowest BCUT2D eigenvalue weighted by Crippen LogP contribution is -2.42. The summed E-state index contributed by atoms with van der Waals surface area (Å²) in [4.78, 5) is 13.2. The molecule has 3 atom stereocenters. The van der Waals surface area contributed by atoms with Gasteiger partial charge in [-0.05, 0) is 12.5 Å². The van der Waals surface area contributed by atoms with E-state index in [1.807, 2.05) is 0 Å². The Morgan fingerprint density at radius 2 is 1.76 bits per heavy atom. The fraction of sp³-hybridized carbons (Fsp3) is 0.500. The molecule has 1 rings (SSSR count). The highest BCUT2D eigenvalue weighted by molar-refractivity contribution is 6.58. The first kappa shape index (κ1) is 17.6. The van der Waals surface area contributed by atoms with Crippen LogP contribution in [0.5, 0.6) is 0 Å². The van der Waals surface area contributed by atoms with Crippen molar-refractivity contribution in [1.82, 2.24) is 4.90 Å². The quantitative estimate of drug-likeness (QED) is 0.821. The Morgan fingerprint density at radius 3 is 2.24 bits per heavy atom. The second kappa shape index (κ2) is 6.98. The smallest absolute Gasteiger partial charge is 0.449 e. The van der Waals surface area contributed by atoms with Gasteiger partial charge in [-0.1, -0.05) is 43.6 Å². The van der Waals surface area contributed by atoms with Crippen LogP contribution in [0.25, 0.3) is 0 Å². The predicted octanol–water partition coefficient (Wildman–Crippen LogP) is 3.05. The van der Waals surface area contributed by atoms with Crippen LogP contribution < -0.4 is 0 Å². The zero-order chi connectivity index (χ0) is 16.2. The maximum atomic E-state index is 12.4. The number of amides is 1. The van der Waals surface area contributed by atoms with Crippen LogP contribution in [0.4, 0.5) is 12.9 Å². The van der Waals surface area contributed by atoms with Crippen molar-refractivity contribution in [3.8, 4) is 0 Å². The SMILES string of the molecule is CC(C[B-](F)(F)F)C(=O)N(C)[C@@H](C)[C@@H](O)c1ccccc1. The monoisotopic (exact) mass is 302 g/mol. The minimum Gasteiger partial charge on any atom is -0.449 e. The van der Waals surface area contributed by atoms with Crippen LogP contribution in [0.1, 0.15) is 25.5 Å². The normalized spacial score (nSPS) is 16.1.